The van der Waals surface area contributed by atoms with Crippen molar-refractivity contribution in [3.8, 4) is 17.4 Å². The molecule has 3 aromatic rings. The maximum atomic E-state index is 13.5. The largest absolute Gasteiger partial charge is 0.539 e. The Labute approximate surface area is 212 Å². The van der Waals surface area contributed by atoms with Crippen LogP contribution in [0.15, 0.2) is 53.1 Å². The number of hydrogen-bond donors (Lipinski definition) is 0. The average Bonchev–Trinajstić information content (AvgIpc) is 3.63. The first kappa shape index (κ1) is 24.4. The summed E-state index contributed by atoms with van der Waals surface area (Å²) in [5.41, 5.74) is 1.58. The van der Waals surface area contributed by atoms with Crippen molar-refractivity contribution in [3.63, 3.8) is 0 Å². The van der Waals surface area contributed by atoms with Gasteiger partial charge >= 0.3 is 5.97 Å². The van der Waals surface area contributed by atoms with Crippen molar-refractivity contribution in [1.29, 1.82) is 0 Å². The molecule has 0 N–H and O–H groups in total. The molecule has 2 heterocycles. The molecule has 0 radical (unpaired) electrons. The Bertz CT molecular complexity index is 1320. The highest BCUT2D eigenvalue weighted by atomic mass is 16.6. The lowest BCUT2D eigenvalue weighted by Gasteiger charge is -2.26. The summed E-state index contributed by atoms with van der Waals surface area (Å²) in [5.74, 6) is -1.15. The lowest BCUT2D eigenvalue weighted by Crippen LogP contribution is -2.46. The highest BCUT2D eigenvalue weighted by Gasteiger charge is 2.48. The van der Waals surface area contributed by atoms with E-state index >= 15 is 0 Å². The van der Waals surface area contributed by atoms with Crippen LogP contribution in [0, 0.1) is 0 Å². The molecule has 11 nitrogen and oxygen atoms in total. The molecule has 1 atom stereocenters. The number of ether oxygens (including phenoxy) is 2. The lowest BCUT2D eigenvalue weighted by molar-refractivity contribution is -0.678. The van der Waals surface area contributed by atoms with Gasteiger partial charge in [0.25, 0.3) is 11.6 Å². The Balaban J connectivity index is 1.38. The molecule has 2 aliphatic rings. The molecule has 0 bridgehead atoms. The number of anilines is 1. The molecule has 1 aliphatic heterocycles. The summed E-state index contributed by atoms with van der Waals surface area (Å²) in [5, 5.41) is 16.5. The number of nitrogens with zero attached hydrogens (tertiary/aromatic N) is 4. The molecule has 1 saturated carbocycles. The van der Waals surface area contributed by atoms with E-state index in [0.717, 1.165) is 17.7 Å². The monoisotopic (exact) mass is 506 g/mol. The first-order valence-electron chi connectivity index (χ1n) is 12.0. The maximum Gasteiger partial charge on any atom is 0.338 e. The summed E-state index contributed by atoms with van der Waals surface area (Å²) in [4.78, 5) is 41.4. The first-order valence-corrected chi connectivity index (χ1v) is 12.0. The Hall–Kier alpha value is -4.25. The Morgan fingerprint density at radius 2 is 1.86 bits per heavy atom. The van der Waals surface area contributed by atoms with E-state index in [0.29, 0.717) is 22.7 Å². The van der Waals surface area contributed by atoms with Crippen molar-refractivity contribution in [1.82, 2.24) is 10.2 Å². The van der Waals surface area contributed by atoms with Crippen molar-refractivity contribution in [2.75, 3.05) is 18.6 Å². The van der Waals surface area contributed by atoms with Gasteiger partial charge in [-0.25, -0.2) is 9.69 Å². The summed E-state index contributed by atoms with van der Waals surface area (Å²) in [6.45, 7) is 2.06. The van der Waals surface area contributed by atoms with Crippen LogP contribution in [0.3, 0.4) is 0 Å². The molecule has 2 fully saturated rings. The minimum Gasteiger partial charge on any atom is -0.539 e. The predicted molar refractivity (Wildman–Crippen MR) is 126 cm³/mol. The first-order chi connectivity index (χ1) is 17.9. The van der Waals surface area contributed by atoms with Crippen LogP contribution >= 0.6 is 0 Å². The zero-order chi connectivity index (χ0) is 26.1. The van der Waals surface area contributed by atoms with Gasteiger partial charge < -0.3 is 19.1 Å². The fourth-order valence-electron chi connectivity index (χ4n) is 4.50. The van der Waals surface area contributed by atoms with Gasteiger partial charge in [-0.3, -0.25) is 14.5 Å². The topological polar surface area (TPSA) is 129 Å². The summed E-state index contributed by atoms with van der Waals surface area (Å²) in [7, 11) is 1.56. The van der Waals surface area contributed by atoms with E-state index in [4.69, 9.17) is 14.0 Å². The van der Waals surface area contributed by atoms with Crippen LogP contribution in [-0.2, 0) is 20.9 Å². The van der Waals surface area contributed by atoms with Gasteiger partial charge in [0, 0.05) is 18.2 Å². The van der Waals surface area contributed by atoms with Crippen LogP contribution in [0.5, 0.6) is 11.7 Å². The lowest BCUT2D eigenvalue weighted by atomic mass is 10.2. The van der Waals surface area contributed by atoms with Gasteiger partial charge in [-0.1, -0.05) is 0 Å². The van der Waals surface area contributed by atoms with E-state index in [1.807, 2.05) is 4.90 Å². The third kappa shape index (κ3) is 4.77. The van der Waals surface area contributed by atoms with Crippen molar-refractivity contribution in [3.05, 3.63) is 59.8 Å². The standard InChI is InChI=1S/C26H26N4O7/c1-3-36-25(33)16-4-6-18(7-5-16)29-23(31)14-21(24(29)32)28(17-8-9-17)15-22-26(34)37-27-30(22)19-10-12-20(35-2)13-11-19/h4-7,10-13,17,21H,3,8-9,14-15H2,1-2H3. The number of imide groups is 1. The van der Waals surface area contributed by atoms with Crippen molar-refractivity contribution in [2.24, 2.45) is 0 Å². The van der Waals surface area contributed by atoms with E-state index in [-0.39, 0.29) is 43.1 Å². The van der Waals surface area contributed by atoms with E-state index in [1.54, 1.807) is 50.4 Å². The van der Waals surface area contributed by atoms with Crippen molar-refractivity contribution < 1.29 is 38.2 Å². The summed E-state index contributed by atoms with van der Waals surface area (Å²) in [6.07, 6.45) is 1.69. The predicted octanol–water partition coefficient (Wildman–Crippen LogP) is 1.51. The minimum atomic E-state index is -0.733. The van der Waals surface area contributed by atoms with Gasteiger partial charge in [-0.2, -0.15) is 0 Å². The van der Waals surface area contributed by atoms with Gasteiger partial charge in [0.15, 0.2) is 5.95 Å². The molecule has 2 amide bonds. The van der Waals surface area contributed by atoms with Gasteiger partial charge in [0.1, 0.15) is 5.75 Å². The van der Waals surface area contributed by atoms with E-state index in [2.05, 4.69) is 5.27 Å². The molecular formula is C26H26N4O7. The van der Waals surface area contributed by atoms with Crippen molar-refractivity contribution in [2.45, 2.75) is 44.8 Å². The van der Waals surface area contributed by atoms with Crippen LogP contribution in [-0.4, -0.2) is 53.8 Å². The molecule has 1 aromatic heterocycles. The van der Waals surface area contributed by atoms with Crippen LogP contribution in [0.4, 0.5) is 5.69 Å². The molecular weight excluding hydrogens is 480 g/mol. The zero-order valence-electron chi connectivity index (χ0n) is 20.5. The normalized spacial score (nSPS) is 17.5. The number of rotatable bonds is 9. The number of amides is 2. The molecule has 1 aliphatic carbocycles. The van der Waals surface area contributed by atoms with Crippen molar-refractivity contribution >= 4 is 23.5 Å². The van der Waals surface area contributed by atoms with Gasteiger partial charge in [-0.05, 0) is 60.8 Å². The highest BCUT2D eigenvalue weighted by molar-refractivity contribution is 6.22. The SMILES string of the molecule is CCOC(=O)c1ccc(N2C(=O)CC(N(Cc3c([O-])on[n+]3-c3ccc(OC)cc3)C3CC3)C2=O)cc1. The average molecular weight is 507 g/mol. The number of aromatic nitrogens is 2. The quantitative estimate of drug-likeness (QED) is 0.241. The number of methoxy groups -OCH3 is 1. The molecule has 37 heavy (non-hydrogen) atoms. The second-order valence-electron chi connectivity index (χ2n) is 8.88. The Kier molecular flexibility index (Phi) is 6.62. The highest BCUT2D eigenvalue weighted by Crippen LogP contribution is 2.35. The van der Waals surface area contributed by atoms with Gasteiger partial charge in [0.2, 0.25) is 11.6 Å². The summed E-state index contributed by atoms with van der Waals surface area (Å²) >= 11 is 0. The van der Waals surface area contributed by atoms with Crippen LogP contribution < -0.4 is 19.4 Å². The maximum absolute atomic E-state index is 13.5. The zero-order valence-corrected chi connectivity index (χ0v) is 20.5. The van der Waals surface area contributed by atoms with Gasteiger partial charge in [0.05, 0.1) is 49.2 Å². The second kappa shape index (κ2) is 10.0. The third-order valence-electron chi connectivity index (χ3n) is 6.52. The summed E-state index contributed by atoms with van der Waals surface area (Å²) in [6, 6.07) is 12.5. The van der Waals surface area contributed by atoms with E-state index in [9.17, 15) is 19.5 Å². The fourth-order valence-corrected chi connectivity index (χ4v) is 4.50. The van der Waals surface area contributed by atoms with Crippen LogP contribution in [0.25, 0.3) is 5.69 Å². The third-order valence-corrected chi connectivity index (χ3v) is 6.52. The number of carbonyl (C=O) groups is 3. The fraction of sp³-hybridized carbons (Fsp3) is 0.346. The molecule has 0 spiro atoms. The molecule has 11 heteroatoms. The van der Waals surface area contributed by atoms with Crippen LogP contribution in [0.1, 0.15) is 42.2 Å². The second-order valence-corrected chi connectivity index (χ2v) is 8.88. The van der Waals surface area contributed by atoms with Crippen LogP contribution in [0.2, 0.25) is 0 Å². The number of esters is 1. The molecule has 1 unspecified atom stereocenters. The summed E-state index contributed by atoms with van der Waals surface area (Å²) < 4.78 is 16.5. The van der Waals surface area contributed by atoms with E-state index in [1.165, 1.54) is 16.8 Å². The number of carbonyl (C=O) groups excluding carboxylic acids is 3. The number of benzene rings is 2. The smallest absolute Gasteiger partial charge is 0.338 e. The Morgan fingerprint density at radius 3 is 2.49 bits per heavy atom. The Morgan fingerprint density at radius 1 is 1.16 bits per heavy atom. The molecule has 1 saturated heterocycles. The molecule has 5 rings (SSSR count). The molecule has 192 valence electrons. The van der Waals surface area contributed by atoms with Gasteiger partial charge in [-0.15, -0.1) is 0 Å². The van der Waals surface area contributed by atoms with E-state index < -0.39 is 18.0 Å². The molecule has 2 aromatic carbocycles. The minimum absolute atomic E-state index is 0.0169. The number of hydrogen-bond acceptors (Lipinski definition) is 9.